The minimum absolute atomic E-state index is 0.123. The molecule has 0 aromatic carbocycles. The maximum Gasteiger partial charge on any atom is 0.223 e. The molecule has 1 aromatic heterocycles. The number of ether oxygens (including phenoxy) is 1. The van der Waals surface area contributed by atoms with Gasteiger partial charge in [-0.15, -0.1) is 0 Å². The van der Waals surface area contributed by atoms with E-state index >= 15 is 0 Å². The molecule has 0 aliphatic carbocycles. The summed E-state index contributed by atoms with van der Waals surface area (Å²) in [7, 11) is 2.09. The molecule has 6 nitrogen and oxygen atoms in total. The van der Waals surface area contributed by atoms with Gasteiger partial charge in [-0.25, -0.2) is 4.98 Å². The summed E-state index contributed by atoms with van der Waals surface area (Å²) < 4.78 is 5.73. The van der Waals surface area contributed by atoms with Crippen LogP contribution in [-0.4, -0.2) is 53.8 Å². The Morgan fingerprint density at radius 1 is 1.61 bits per heavy atom. The van der Waals surface area contributed by atoms with Crippen LogP contribution in [0.2, 0.25) is 5.15 Å². The van der Waals surface area contributed by atoms with Crippen LogP contribution in [0.5, 0.6) is 0 Å². The Hall–Kier alpha value is -1.11. The SMILES string of the molecule is CC(Nc1cc(Cl)nc(N)n1)C1CN(C)CCO1. The van der Waals surface area contributed by atoms with Crippen molar-refractivity contribution in [2.75, 3.05) is 37.8 Å². The summed E-state index contributed by atoms with van der Waals surface area (Å²) in [4.78, 5) is 10.2. The van der Waals surface area contributed by atoms with Crippen molar-refractivity contribution in [1.29, 1.82) is 0 Å². The Bertz CT molecular complexity index is 396. The molecule has 1 saturated heterocycles. The van der Waals surface area contributed by atoms with Crippen molar-refractivity contribution in [3.8, 4) is 0 Å². The third-order valence-electron chi connectivity index (χ3n) is 2.94. The van der Waals surface area contributed by atoms with Gasteiger partial charge in [0.2, 0.25) is 5.95 Å². The summed E-state index contributed by atoms with van der Waals surface area (Å²) in [5, 5.41) is 3.58. The summed E-state index contributed by atoms with van der Waals surface area (Å²) in [6, 6.07) is 1.78. The number of hydrogen-bond donors (Lipinski definition) is 2. The molecule has 0 saturated carbocycles. The topological polar surface area (TPSA) is 76.3 Å². The smallest absolute Gasteiger partial charge is 0.223 e. The molecule has 18 heavy (non-hydrogen) atoms. The van der Waals surface area contributed by atoms with Crippen LogP contribution < -0.4 is 11.1 Å². The predicted molar refractivity (Wildman–Crippen MR) is 71.8 cm³/mol. The standard InChI is InChI=1S/C11H18ClN5O/c1-7(8-6-17(2)3-4-18-8)14-10-5-9(12)15-11(13)16-10/h5,7-8H,3-4,6H2,1-2H3,(H3,13,14,15,16). The van der Waals surface area contributed by atoms with Gasteiger partial charge < -0.3 is 20.7 Å². The van der Waals surface area contributed by atoms with Gasteiger partial charge in [0.15, 0.2) is 0 Å². The van der Waals surface area contributed by atoms with E-state index in [4.69, 9.17) is 22.1 Å². The highest BCUT2D eigenvalue weighted by Gasteiger charge is 2.23. The first-order valence-corrected chi connectivity index (χ1v) is 6.29. The number of nitrogens with one attached hydrogen (secondary N) is 1. The van der Waals surface area contributed by atoms with E-state index in [1.807, 2.05) is 0 Å². The van der Waals surface area contributed by atoms with E-state index in [1.54, 1.807) is 6.07 Å². The molecular weight excluding hydrogens is 254 g/mol. The fraction of sp³-hybridized carbons (Fsp3) is 0.636. The largest absolute Gasteiger partial charge is 0.373 e. The molecule has 0 spiro atoms. The van der Waals surface area contributed by atoms with E-state index in [0.29, 0.717) is 11.0 Å². The predicted octanol–water partition coefficient (Wildman–Crippen LogP) is 0.843. The van der Waals surface area contributed by atoms with E-state index in [0.717, 1.165) is 19.7 Å². The Morgan fingerprint density at radius 2 is 2.39 bits per heavy atom. The number of halogens is 1. The molecule has 1 aliphatic rings. The summed E-state index contributed by atoms with van der Waals surface area (Å²) >= 11 is 5.83. The monoisotopic (exact) mass is 271 g/mol. The Labute approximate surface area is 111 Å². The minimum Gasteiger partial charge on any atom is -0.373 e. The van der Waals surface area contributed by atoms with E-state index in [-0.39, 0.29) is 18.1 Å². The quantitative estimate of drug-likeness (QED) is 0.794. The third-order valence-corrected chi connectivity index (χ3v) is 3.14. The maximum absolute atomic E-state index is 5.83. The van der Waals surface area contributed by atoms with Crippen molar-refractivity contribution in [1.82, 2.24) is 14.9 Å². The molecule has 7 heteroatoms. The number of anilines is 2. The molecule has 1 aromatic rings. The molecule has 2 rings (SSSR count). The zero-order chi connectivity index (χ0) is 13.1. The van der Waals surface area contributed by atoms with Crippen LogP contribution in [0.25, 0.3) is 0 Å². The number of morpholine rings is 1. The molecule has 0 bridgehead atoms. The van der Waals surface area contributed by atoms with Gasteiger partial charge in [0.1, 0.15) is 11.0 Å². The summed E-state index contributed by atoms with van der Waals surface area (Å²) in [6.45, 7) is 4.66. The Balaban J connectivity index is 1.99. The number of likely N-dealkylation sites (N-methyl/N-ethyl adjacent to an activating group) is 1. The highest BCUT2D eigenvalue weighted by atomic mass is 35.5. The van der Waals surface area contributed by atoms with Crippen molar-refractivity contribution in [2.45, 2.75) is 19.1 Å². The second kappa shape index (κ2) is 5.69. The van der Waals surface area contributed by atoms with Crippen LogP contribution >= 0.6 is 11.6 Å². The summed E-state index contributed by atoms with van der Waals surface area (Å²) in [5.41, 5.74) is 5.55. The highest BCUT2D eigenvalue weighted by molar-refractivity contribution is 6.29. The van der Waals surface area contributed by atoms with Crippen LogP contribution in [0.15, 0.2) is 6.07 Å². The Kier molecular flexibility index (Phi) is 4.21. The van der Waals surface area contributed by atoms with Gasteiger partial charge in [-0.2, -0.15) is 4.98 Å². The van der Waals surface area contributed by atoms with Crippen LogP contribution in [0.1, 0.15) is 6.92 Å². The average molecular weight is 272 g/mol. The fourth-order valence-electron chi connectivity index (χ4n) is 1.95. The lowest BCUT2D eigenvalue weighted by molar-refractivity contribution is -0.0259. The van der Waals surface area contributed by atoms with Crippen molar-refractivity contribution < 1.29 is 4.74 Å². The number of hydrogen-bond acceptors (Lipinski definition) is 6. The van der Waals surface area contributed by atoms with E-state index in [2.05, 4.69) is 34.2 Å². The normalized spacial score (nSPS) is 22.7. The van der Waals surface area contributed by atoms with E-state index < -0.39 is 0 Å². The first-order valence-electron chi connectivity index (χ1n) is 5.91. The molecule has 2 heterocycles. The zero-order valence-corrected chi connectivity index (χ0v) is 11.3. The third kappa shape index (κ3) is 3.44. The first kappa shape index (κ1) is 13.3. The highest BCUT2D eigenvalue weighted by Crippen LogP contribution is 2.16. The number of nitrogens with two attached hydrogens (primary N) is 1. The lowest BCUT2D eigenvalue weighted by atomic mass is 10.1. The maximum atomic E-state index is 5.83. The molecular formula is C11H18ClN5O. The van der Waals surface area contributed by atoms with Gasteiger partial charge >= 0.3 is 0 Å². The second-order valence-electron chi connectivity index (χ2n) is 4.54. The van der Waals surface area contributed by atoms with Crippen LogP contribution in [-0.2, 0) is 4.74 Å². The van der Waals surface area contributed by atoms with Gasteiger partial charge in [-0.1, -0.05) is 11.6 Å². The van der Waals surface area contributed by atoms with Gasteiger partial charge in [0, 0.05) is 19.2 Å². The fourth-order valence-corrected chi connectivity index (χ4v) is 2.14. The van der Waals surface area contributed by atoms with Gasteiger partial charge in [0.25, 0.3) is 0 Å². The number of nitrogen functional groups attached to an aromatic ring is 1. The molecule has 1 fully saturated rings. The zero-order valence-electron chi connectivity index (χ0n) is 10.6. The first-order chi connectivity index (χ1) is 8.54. The van der Waals surface area contributed by atoms with Gasteiger partial charge in [-0.3, -0.25) is 0 Å². The van der Waals surface area contributed by atoms with Crippen LogP contribution in [0.3, 0.4) is 0 Å². The van der Waals surface area contributed by atoms with Crippen LogP contribution in [0.4, 0.5) is 11.8 Å². The van der Waals surface area contributed by atoms with Crippen LogP contribution in [0, 0.1) is 0 Å². The van der Waals surface area contributed by atoms with Crippen molar-refractivity contribution in [3.63, 3.8) is 0 Å². The molecule has 3 N–H and O–H groups in total. The molecule has 2 unspecified atom stereocenters. The lowest BCUT2D eigenvalue weighted by Crippen LogP contribution is -2.47. The molecule has 100 valence electrons. The number of aromatic nitrogens is 2. The lowest BCUT2D eigenvalue weighted by Gasteiger charge is -2.34. The minimum atomic E-state index is 0.123. The average Bonchev–Trinajstić information content (AvgIpc) is 2.27. The number of rotatable bonds is 3. The van der Waals surface area contributed by atoms with Crippen molar-refractivity contribution >= 4 is 23.4 Å². The summed E-state index contributed by atoms with van der Waals surface area (Å²) in [6.07, 6.45) is 0.124. The van der Waals surface area contributed by atoms with Gasteiger partial charge in [-0.05, 0) is 14.0 Å². The molecule has 0 amide bonds. The van der Waals surface area contributed by atoms with E-state index in [1.165, 1.54) is 0 Å². The molecule has 0 radical (unpaired) electrons. The van der Waals surface area contributed by atoms with Crippen molar-refractivity contribution in [2.24, 2.45) is 0 Å². The van der Waals surface area contributed by atoms with Gasteiger partial charge in [0.05, 0.1) is 18.8 Å². The van der Waals surface area contributed by atoms with Crippen molar-refractivity contribution in [3.05, 3.63) is 11.2 Å². The Morgan fingerprint density at radius 3 is 3.06 bits per heavy atom. The number of nitrogens with zero attached hydrogens (tertiary/aromatic N) is 3. The molecule has 2 atom stereocenters. The molecule has 1 aliphatic heterocycles. The summed E-state index contributed by atoms with van der Waals surface area (Å²) in [5.74, 6) is 0.788. The second-order valence-corrected chi connectivity index (χ2v) is 4.93. The van der Waals surface area contributed by atoms with E-state index in [9.17, 15) is 0 Å².